The van der Waals surface area contributed by atoms with Gasteiger partial charge in [-0.2, -0.15) is 0 Å². The standard InChI is InChI=1S/C20H17FN2O3S/c1-13-2-6-15(7-3-13)18(24)22-10-11-23-19(25)17(27-20(23)26)12-14-4-8-16(21)9-5-14/h2-9,12H,10-11H2,1H3,(H,22,24). The summed E-state index contributed by atoms with van der Waals surface area (Å²) in [6, 6.07) is 12.8. The van der Waals surface area contributed by atoms with Crippen LogP contribution >= 0.6 is 11.8 Å². The van der Waals surface area contributed by atoms with Crippen molar-refractivity contribution in [3.8, 4) is 0 Å². The molecule has 1 N–H and O–H groups in total. The number of hydrogen-bond acceptors (Lipinski definition) is 4. The maximum absolute atomic E-state index is 13.0. The molecule has 2 aromatic rings. The van der Waals surface area contributed by atoms with Crippen LogP contribution in [-0.2, 0) is 4.79 Å². The van der Waals surface area contributed by atoms with Crippen molar-refractivity contribution in [1.82, 2.24) is 10.2 Å². The first-order valence-electron chi connectivity index (χ1n) is 8.30. The fourth-order valence-electron chi connectivity index (χ4n) is 2.49. The van der Waals surface area contributed by atoms with E-state index in [1.807, 2.05) is 19.1 Å². The van der Waals surface area contributed by atoms with Gasteiger partial charge in [0.15, 0.2) is 0 Å². The highest BCUT2D eigenvalue weighted by atomic mass is 32.2. The van der Waals surface area contributed by atoms with Crippen molar-refractivity contribution in [3.05, 3.63) is 75.9 Å². The first-order valence-corrected chi connectivity index (χ1v) is 9.11. The van der Waals surface area contributed by atoms with Crippen LogP contribution in [0.4, 0.5) is 9.18 Å². The Hall–Kier alpha value is -2.93. The number of carbonyl (C=O) groups is 3. The van der Waals surface area contributed by atoms with Crippen LogP contribution in [0.2, 0.25) is 0 Å². The summed E-state index contributed by atoms with van der Waals surface area (Å²) in [5, 5.41) is 2.31. The minimum Gasteiger partial charge on any atom is -0.350 e. The Labute approximate surface area is 160 Å². The molecule has 0 saturated carbocycles. The largest absolute Gasteiger partial charge is 0.350 e. The molecule has 1 heterocycles. The van der Waals surface area contributed by atoms with Crippen LogP contribution in [0.25, 0.3) is 6.08 Å². The molecule has 0 aliphatic carbocycles. The second-order valence-electron chi connectivity index (χ2n) is 6.01. The van der Waals surface area contributed by atoms with Crippen LogP contribution in [0, 0.1) is 12.7 Å². The van der Waals surface area contributed by atoms with E-state index in [0.29, 0.717) is 11.1 Å². The highest BCUT2D eigenvalue weighted by Gasteiger charge is 2.34. The summed E-state index contributed by atoms with van der Waals surface area (Å²) < 4.78 is 13.0. The lowest BCUT2D eigenvalue weighted by Gasteiger charge is -2.13. The topological polar surface area (TPSA) is 66.5 Å². The van der Waals surface area contributed by atoms with Crippen molar-refractivity contribution in [2.24, 2.45) is 0 Å². The summed E-state index contributed by atoms with van der Waals surface area (Å²) in [6.45, 7) is 2.18. The molecule has 27 heavy (non-hydrogen) atoms. The van der Waals surface area contributed by atoms with Gasteiger partial charge in [-0.1, -0.05) is 29.8 Å². The first kappa shape index (κ1) is 18.8. The first-order chi connectivity index (χ1) is 12.9. The Morgan fingerprint density at radius 3 is 2.44 bits per heavy atom. The van der Waals surface area contributed by atoms with Crippen molar-refractivity contribution in [1.29, 1.82) is 0 Å². The number of nitrogens with one attached hydrogen (secondary N) is 1. The maximum atomic E-state index is 13.0. The molecule has 1 saturated heterocycles. The number of rotatable bonds is 5. The maximum Gasteiger partial charge on any atom is 0.293 e. The zero-order valence-electron chi connectivity index (χ0n) is 14.6. The van der Waals surface area contributed by atoms with E-state index in [-0.39, 0.29) is 29.7 Å². The fourth-order valence-corrected chi connectivity index (χ4v) is 3.36. The Morgan fingerprint density at radius 1 is 1.11 bits per heavy atom. The van der Waals surface area contributed by atoms with Gasteiger partial charge in [0, 0.05) is 18.7 Å². The summed E-state index contributed by atoms with van der Waals surface area (Å²) in [4.78, 5) is 37.9. The van der Waals surface area contributed by atoms with Crippen LogP contribution in [-0.4, -0.2) is 35.0 Å². The predicted octanol–water partition coefficient (Wildman–Crippen LogP) is 3.60. The van der Waals surface area contributed by atoms with Crippen LogP contribution in [0.5, 0.6) is 0 Å². The van der Waals surface area contributed by atoms with Gasteiger partial charge in [-0.25, -0.2) is 4.39 Å². The second kappa shape index (κ2) is 8.18. The van der Waals surface area contributed by atoms with Gasteiger partial charge >= 0.3 is 0 Å². The summed E-state index contributed by atoms with van der Waals surface area (Å²) in [5.74, 6) is -1.05. The molecule has 0 bridgehead atoms. The third-order valence-corrected chi connectivity index (χ3v) is 4.88. The molecule has 0 atom stereocenters. The molecule has 1 fully saturated rings. The highest BCUT2D eigenvalue weighted by molar-refractivity contribution is 8.18. The number of thioether (sulfide) groups is 1. The van der Waals surface area contributed by atoms with Gasteiger partial charge in [-0.15, -0.1) is 0 Å². The lowest BCUT2D eigenvalue weighted by Crippen LogP contribution is -2.37. The van der Waals surface area contributed by atoms with Crippen LogP contribution < -0.4 is 5.32 Å². The van der Waals surface area contributed by atoms with E-state index >= 15 is 0 Å². The van der Waals surface area contributed by atoms with Gasteiger partial charge in [-0.05, 0) is 54.6 Å². The van der Waals surface area contributed by atoms with Crippen LogP contribution in [0.3, 0.4) is 0 Å². The molecule has 0 radical (unpaired) electrons. The number of carbonyl (C=O) groups excluding carboxylic acids is 3. The molecular weight excluding hydrogens is 367 g/mol. The fraction of sp³-hybridized carbons (Fsp3) is 0.150. The zero-order valence-corrected chi connectivity index (χ0v) is 15.4. The Bertz CT molecular complexity index is 908. The minimum absolute atomic E-state index is 0.0863. The second-order valence-corrected chi connectivity index (χ2v) is 7.00. The highest BCUT2D eigenvalue weighted by Crippen LogP contribution is 2.31. The van der Waals surface area contributed by atoms with Crippen molar-refractivity contribution >= 4 is 34.9 Å². The molecule has 3 rings (SSSR count). The van der Waals surface area contributed by atoms with E-state index in [4.69, 9.17) is 0 Å². The van der Waals surface area contributed by atoms with E-state index < -0.39 is 11.1 Å². The number of hydrogen-bond donors (Lipinski definition) is 1. The van der Waals surface area contributed by atoms with Crippen LogP contribution in [0.15, 0.2) is 53.4 Å². The van der Waals surface area contributed by atoms with Gasteiger partial charge in [0.1, 0.15) is 5.82 Å². The molecule has 1 aliphatic heterocycles. The van der Waals surface area contributed by atoms with Crippen molar-refractivity contribution < 1.29 is 18.8 Å². The minimum atomic E-state index is -0.418. The van der Waals surface area contributed by atoms with Crippen molar-refractivity contribution in [3.63, 3.8) is 0 Å². The van der Waals surface area contributed by atoms with E-state index in [1.165, 1.54) is 24.3 Å². The van der Waals surface area contributed by atoms with E-state index in [9.17, 15) is 18.8 Å². The lowest BCUT2D eigenvalue weighted by molar-refractivity contribution is -0.122. The van der Waals surface area contributed by atoms with E-state index in [0.717, 1.165) is 22.2 Å². The Balaban J connectivity index is 1.58. The van der Waals surface area contributed by atoms with Gasteiger partial charge in [0.25, 0.3) is 17.1 Å². The summed E-state index contributed by atoms with van der Waals surface area (Å²) in [7, 11) is 0. The average molecular weight is 384 g/mol. The number of nitrogens with zero attached hydrogens (tertiary/aromatic N) is 1. The third kappa shape index (κ3) is 4.62. The molecule has 5 nitrogen and oxygen atoms in total. The summed E-state index contributed by atoms with van der Waals surface area (Å²) in [5.41, 5.74) is 2.21. The number of benzene rings is 2. The molecule has 0 aromatic heterocycles. The van der Waals surface area contributed by atoms with Crippen molar-refractivity contribution in [2.75, 3.05) is 13.1 Å². The third-order valence-electron chi connectivity index (χ3n) is 3.98. The van der Waals surface area contributed by atoms with Gasteiger partial charge in [0.2, 0.25) is 0 Å². The van der Waals surface area contributed by atoms with Gasteiger partial charge in [0.05, 0.1) is 4.91 Å². The normalized spacial score (nSPS) is 15.5. The summed E-state index contributed by atoms with van der Waals surface area (Å²) in [6.07, 6.45) is 1.55. The number of aryl methyl sites for hydroxylation is 1. The monoisotopic (exact) mass is 384 g/mol. The van der Waals surface area contributed by atoms with E-state index in [2.05, 4.69) is 5.32 Å². The Kier molecular flexibility index (Phi) is 5.71. The number of imide groups is 1. The SMILES string of the molecule is Cc1ccc(C(=O)NCCN2C(=O)SC(=Cc3ccc(F)cc3)C2=O)cc1. The molecule has 0 unspecified atom stereocenters. The lowest BCUT2D eigenvalue weighted by atomic mass is 10.1. The van der Waals surface area contributed by atoms with Gasteiger partial charge in [-0.3, -0.25) is 19.3 Å². The van der Waals surface area contributed by atoms with E-state index in [1.54, 1.807) is 18.2 Å². The molecule has 7 heteroatoms. The smallest absolute Gasteiger partial charge is 0.293 e. The van der Waals surface area contributed by atoms with Crippen LogP contribution in [0.1, 0.15) is 21.5 Å². The molecule has 3 amide bonds. The quantitative estimate of drug-likeness (QED) is 0.800. The van der Waals surface area contributed by atoms with Crippen molar-refractivity contribution in [2.45, 2.75) is 6.92 Å². The molecular formula is C20H17FN2O3S. The van der Waals surface area contributed by atoms with Gasteiger partial charge < -0.3 is 5.32 Å². The average Bonchev–Trinajstić information content (AvgIpc) is 2.91. The number of halogens is 1. The Morgan fingerprint density at radius 2 is 1.78 bits per heavy atom. The molecule has 1 aliphatic rings. The number of amides is 3. The zero-order chi connectivity index (χ0) is 19.4. The molecule has 138 valence electrons. The predicted molar refractivity (Wildman–Crippen MR) is 103 cm³/mol. The molecule has 0 spiro atoms. The summed E-state index contributed by atoms with van der Waals surface area (Å²) >= 11 is 0.830. The molecule has 2 aromatic carbocycles.